The van der Waals surface area contributed by atoms with E-state index in [1.165, 1.54) is 5.56 Å². The van der Waals surface area contributed by atoms with Gasteiger partial charge in [0.25, 0.3) is 0 Å². The molecule has 0 radical (unpaired) electrons. The van der Waals surface area contributed by atoms with E-state index in [0.29, 0.717) is 6.54 Å². The molecule has 5 nitrogen and oxygen atoms in total. The van der Waals surface area contributed by atoms with Crippen LogP contribution in [0.25, 0.3) is 0 Å². The molecule has 0 aromatic carbocycles. The first kappa shape index (κ1) is 13.8. The maximum absolute atomic E-state index is 11.8. The van der Waals surface area contributed by atoms with Crippen LogP contribution in [0.5, 0.6) is 0 Å². The summed E-state index contributed by atoms with van der Waals surface area (Å²) >= 11 is 0. The highest BCUT2D eigenvalue weighted by Gasteiger charge is 2.28. The van der Waals surface area contributed by atoms with Crippen molar-refractivity contribution < 1.29 is 4.79 Å². The molecule has 1 saturated heterocycles. The second-order valence-electron chi connectivity index (χ2n) is 4.71. The number of carbonyl (C=O) groups excluding carboxylic acids is 1. The number of amides is 1. The molecule has 0 aliphatic carbocycles. The molecule has 104 valence electrons. The first-order valence-corrected chi connectivity index (χ1v) is 6.96. The molecule has 19 heavy (non-hydrogen) atoms. The van der Waals surface area contributed by atoms with E-state index >= 15 is 0 Å². The average Bonchev–Trinajstić information content (AvgIpc) is 2.45. The lowest BCUT2D eigenvalue weighted by Gasteiger charge is -2.35. The maximum Gasteiger partial charge on any atom is 0.242 e. The van der Waals surface area contributed by atoms with Crippen LogP contribution in [-0.2, 0) is 11.3 Å². The molecular weight excluding hydrogens is 240 g/mol. The van der Waals surface area contributed by atoms with Crippen LogP contribution in [-0.4, -0.2) is 36.6 Å². The Morgan fingerprint density at radius 2 is 2.32 bits per heavy atom. The van der Waals surface area contributed by atoms with Gasteiger partial charge in [-0.3, -0.25) is 4.79 Å². The Bertz CT molecular complexity index is 418. The first-order valence-electron chi connectivity index (χ1n) is 6.96. The summed E-state index contributed by atoms with van der Waals surface area (Å²) in [6.45, 7) is 7.41. The number of hydrogen-bond acceptors (Lipinski definition) is 4. The van der Waals surface area contributed by atoms with E-state index in [1.807, 2.05) is 19.2 Å². The Morgan fingerprint density at radius 3 is 2.95 bits per heavy atom. The van der Waals surface area contributed by atoms with Gasteiger partial charge in [0.1, 0.15) is 11.9 Å². The van der Waals surface area contributed by atoms with Crippen molar-refractivity contribution in [3.8, 4) is 0 Å². The van der Waals surface area contributed by atoms with E-state index in [-0.39, 0.29) is 11.9 Å². The minimum Gasteiger partial charge on any atom is -0.353 e. The molecule has 5 heteroatoms. The topological polar surface area (TPSA) is 57.3 Å². The van der Waals surface area contributed by atoms with E-state index in [1.54, 1.807) is 0 Å². The van der Waals surface area contributed by atoms with Crippen LogP contribution in [0.3, 0.4) is 0 Å². The van der Waals surface area contributed by atoms with Crippen LogP contribution < -0.4 is 15.5 Å². The molecule has 1 aromatic rings. The number of aromatic nitrogens is 1. The summed E-state index contributed by atoms with van der Waals surface area (Å²) in [7, 11) is 0. The van der Waals surface area contributed by atoms with Gasteiger partial charge in [-0.05, 0) is 24.6 Å². The minimum atomic E-state index is -0.0964. The van der Waals surface area contributed by atoms with Gasteiger partial charge in [0.2, 0.25) is 5.91 Å². The number of nitrogens with zero attached hydrogens (tertiary/aromatic N) is 2. The van der Waals surface area contributed by atoms with E-state index in [2.05, 4.69) is 33.5 Å². The van der Waals surface area contributed by atoms with E-state index in [4.69, 9.17) is 0 Å². The van der Waals surface area contributed by atoms with Crippen molar-refractivity contribution in [3.63, 3.8) is 0 Å². The van der Waals surface area contributed by atoms with Gasteiger partial charge in [-0.25, -0.2) is 4.98 Å². The van der Waals surface area contributed by atoms with Crippen molar-refractivity contribution in [2.24, 2.45) is 0 Å². The molecule has 2 heterocycles. The van der Waals surface area contributed by atoms with Gasteiger partial charge >= 0.3 is 0 Å². The molecule has 1 unspecified atom stereocenters. The van der Waals surface area contributed by atoms with Crippen LogP contribution in [0.4, 0.5) is 5.82 Å². The highest BCUT2D eigenvalue weighted by Crippen LogP contribution is 2.18. The lowest BCUT2D eigenvalue weighted by Crippen LogP contribution is -2.55. The second kappa shape index (κ2) is 6.52. The Hall–Kier alpha value is -1.62. The fourth-order valence-electron chi connectivity index (χ4n) is 2.36. The van der Waals surface area contributed by atoms with E-state index in [0.717, 1.165) is 31.9 Å². The molecule has 1 fully saturated rings. The Morgan fingerprint density at radius 1 is 1.47 bits per heavy atom. The van der Waals surface area contributed by atoms with Crippen LogP contribution in [0.2, 0.25) is 0 Å². The van der Waals surface area contributed by atoms with Crippen molar-refractivity contribution in [2.75, 3.05) is 24.5 Å². The van der Waals surface area contributed by atoms with Gasteiger partial charge < -0.3 is 15.5 Å². The highest BCUT2D eigenvalue weighted by atomic mass is 16.2. The van der Waals surface area contributed by atoms with Crippen molar-refractivity contribution in [1.29, 1.82) is 0 Å². The third kappa shape index (κ3) is 3.23. The standard InChI is InChI=1S/C14H22N4O/c1-3-12-14(19)16-7-8-18(12)13-6-5-11(10-17-13)9-15-4-2/h5-6,10,12,15H,3-4,7-9H2,1-2H3,(H,16,19). The molecule has 0 saturated carbocycles. The molecule has 1 aliphatic rings. The summed E-state index contributed by atoms with van der Waals surface area (Å²) in [6, 6.07) is 3.99. The van der Waals surface area contributed by atoms with Crippen LogP contribution >= 0.6 is 0 Å². The Kier molecular flexibility index (Phi) is 4.74. The molecule has 1 amide bonds. The molecule has 2 N–H and O–H groups in total. The normalized spacial score (nSPS) is 19.4. The van der Waals surface area contributed by atoms with E-state index < -0.39 is 0 Å². The Labute approximate surface area is 114 Å². The lowest BCUT2D eigenvalue weighted by atomic mass is 10.1. The van der Waals surface area contributed by atoms with Gasteiger partial charge in [0.05, 0.1) is 0 Å². The number of carbonyl (C=O) groups is 1. The number of rotatable bonds is 5. The van der Waals surface area contributed by atoms with Crippen LogP contribution in [0.15, 0.2) is 18.3 Å². The third-order valence-corrected chi connectivity index (χ3v) is 3.40. The quantitative estimate of drug-likeness (QED) is 0.828. The zero-order chi connectivity index (χ0) is 13.7. The van der Waals surface area contributed by atoms with E-state index in [9.17, 15) is 4.79 Å². The SMILES string of the molecule is CCNCc1ccc(N2CCNC(=O)C2CC)nc1. The summed E-state index contributed by atoms with van der Waals surface area (Å²) in [5.74, 6) is 0.995. The highest BCUT2D eigenvalue weighted by molar-refractivity contribution is 5.86. The lowest BCUT2D eigenvalue weighted by molar-refractivity contribution is -0.123. The van der Waals surface area contributed by atoms with Gasteiger partial charge in [-0.1, -0.05) is 19.9 Å². The minimum absolute atomic E-state index is 0.0964. The molecule has 1 aliphatic heterocycles. The number of pyridine rings is 1. The van der Waals surface area contributed by atoms with Crippen molar-refractivity contribution >= 4 is 11.7 Å². The predicted octanol–water partition coefficient (Wildman–Crippen LogP) is 0.906. The van der Waals surface area contributed by atoms with Crippen LogP contribution in [0.1, 0.15) is 25.8 Å². The third-order valence-electron chi connectivity index (χ3n) is 3.40. The number of piperazine rings is 1. The van der Waals surface area contributed by atoms with Crippen molar-refractivity contribution in [3.05, 3.63) is 23.9 Å². The fourth-order valence-corrected chi connectivity index (χ4v) is 2.36. The fraction of sp³-hybridized carbons (Fsp3) is 0.571. The van der Waals surface area contributed by atoms with Gasteiger partial charge in [-0.2, -0.15) is 0 Å². The summed E-state index contributed by atoms with van der Waals surface area (Å²) in [6.07, 6.45) is 2.68. The van der Waals surface area contributed by atoms with Crippen molar-refractivity contribution in [1.82, 2.24) is 15.6 Å². The largest absolute Gasteiger partial charge is 0.353 e. The van der Waals surface area contributed by atoms with Crippen molar-refractivity contribution in [2.45, 2.75) is 32.9 Å². The summed E-state index contributed by atoms with van der Waals surface area (Å²) in [5.41, 5.74) is 1.17. The summed E-state index contributed by atoms with van der Waals surface area (Å²) < 4.78 is 0. The number of nitrogens with one attached hydrogen (secondary N) is 2. The molecule has 0 spiro atoms. The number of anilines is 1. The second-order valence-corrected chi connectivity index (χ2v) is 4.71. The monoisotopic (exact) mass is 262 g/mol. The maximum atomic E-state index is 11.8. The Balaban J connectivity index is 2.09. The van der Waals surface area contributed by atoms with Gasteiger partial charge in [-0.15, -0.1) is 0 Å². The summed E-state index contributed by atoms with van der Waals surface area (Å²) in [5, 5.41) is 6.18. The zero-order valence-corrected chi connectivity index (χ0v) is 11.6. The molecule has 0 bridgehead atoms. The van der Waals surface area contributed by atoms with Gasteiger partial charge in [0.15, 0.2) is 0 Å². The molecular formula is C14H22N4O. The summed E-state index contributed by atoms with van der Waals surface area (Å²) in [4.78, 5) is 18.4. The molecule has 2 rings (SSSR count). The van der Waals surface area contributed by atoms with Gasteiger partial charge in [0, 0.05) is 25.8 Å². The average molecular weight is 262 g/mol. The number of hydrogen-bond donors (Lipinski definition) is 2. The molecule has 1 atom stereocenters. The smallest absolute Gasteiger partial charge is 0.242 e. The first-order chi connectivity index (χ1) is 9.26. The predicted molar refractivity (Wildman–Crippen MR) is 76.1 cm³/mol. The molecule has 1 aromatic heterocycles. The van der Waals surface area contributed by atoms with Crippen LogP contribution in [0, 0.1) is 0 Å². The zero-order valence-electron chi connectivity index (χ0n) is 11.6.